The first-order chi connectivity index (χ1) is 15.2. The number of nitrogens with one attached hydrogen (secondary N) is 2. The maximum atomic E-state index is 13.1. The summed E-state index contributed by atoms with van der Waals surface area (Å²) in [6, 6.07) is 16.0. The van der Waals surface area contributed by atoms with Crippen LogP contribution in [0.5, 0.6) is 0 Å². The molecule has 0 fully saturated rings. The van der Waals surface area contributed by atoms with Crippen molar-refractivity contribution in [1.82, 2.24) is 15.0 Å². The maximum absolute atomic E-state index is 13.1. The molecule has 3 aromatic rings. The molecule has 0 saturated carbocycles. The smallest absolute Gasteiger partial charge is 0.228 e. The quantitative estimate of drug-likeness (QED) is 0.358. The van der Waals surface area contributed by atoms with Crippen LogP contribution in [-0.2, 0) is 16.0 Å². The standard InChI is InChI=1S/C22H27FN6O2/c23-19-8-6-17(7-9-19)16-26-22-28-20(18-4-2-1-3-5-18)27-21(29-22)25-11-13-31-15-14-30-12-10-24/h1-9H,10-16,24H2,(H2,25,26,27,28,29). The molecule has 0 aliphatic heterocycles. The molecule has 0 atom stereocenters. The van der Waals surface area contributed by atoms with Gasteiger partial charge in [0.1, 0.15) is 5.82 Å². The van der Waals surface area contributed by atoms with Crippen LogP contribution < -0.4 is 16.4 Å². The van der Waals surface area contributed by atoms with E-state index in [0.29, 0.717) is 63.8 Å². The minimum Gasteiger partial charge on any atom is -0.378 e. The Bertz CT molecular complexity index is 912. The Labute approximate surface area is 181 Å². The third-order valence-electron chi connectivity index (χ3n) is 4.19. The Morgan fingerprint density at radius 3 is 2.16 bits per heavy atom. The van der Waals surface area contributed by atoms with E-state index in [9.17, 15) is 4.39 Å². The highest BCUT2D eigenvalue weighted by Crippen LogP contribution is 2.18. The SMILES string of the molecule is NCCOCCOCCNc1nc(NCc2ccc(F)cc2)nc(-c2ccccc2)n1. The Hall–Kier alpha value is -3.14. The lowest BCUT2D eigenvalue weighted by Crippen LogP contribution is -2.16. The second-order valence-corrected chi connectivity index (χ2v) is 6.59. The molecule has 31 heavy (non-hydrogen) atoms. The molecule has 0 radical (unpaired) electrons. The van der Waals surface area contributed by atoms with Gasteiger partial charge in [0.05, 0.1) is 26.4 Å². The third kappa shape index (κ3) is 7.89. The summed E-state index contributed by atoms with van der Waals surface area (Å²) in [5.41, 5.74) is 7.17. The fourth-order valence-corrected chi connectivity index (χ4v) is 2.67. The highest BCUT2D eigenvalue weighted by molar-refractivity contribution is 5.57. The summed E-state index contributed by atoms with van der Waals surface area (Å²) in [5, 5.41) is 6.34. The van der Waals surface area contributed by atoms with Gasteiger partial charge >= 0.3 is 0 Å². The molecule has 0 spiro atoms. The molecule has 0 aliphatic carbocycles. The third-order valence-corrected chi connectivity index (χ3v) is 4.19. The first-order valence-corrected chi connectivity index (χ1v) is 10.1. The number of benzene rings is 2. The van der Waals surface area contributed by atoms with Crippen LogP contribution >= 0.6 is 0 Å². The summed E-state index contributed by atoms with van der Waals surface area (Å²) in [5.74, 6) is 1.15. The van der Waals surface area contributed by atoms with Gasteiger partial charge < -0.3 is 25.8 Å². The van der Waals surface area contributed by atoms with Crippen molar-refractivity contribution in [2.45, 2.75) is 6.54 Å². The van der Waals surface area contributed by atoms with E-state index in [4.69, 9.17) is 15.2 Å². The Morgan fingerprint density at radius 2 is 1.45 bits per heavy atom. The maximum Gasteiger partial charge on any atom is 0.228 e. The fourth-order valence-electron chi connectivity index (χ4n) is 2.67. The van der Waals surface area contributed by atoms with Crippen LogP contribution in [0.3, 0.4) is 0 Å². The lowest BCUT2D eigenvalue weighted by Gasteiger charge is -2.11. The zero-order valence-corrected chi connectivity index (χ0v) is 17.3. The van der Waals surface area contributed by atoms with Crippen molar-refractivity contribution >= 4 is 11.9 Å². The van der Waals surface area contributed by atoms with Crippen LogP contribution in [0.25, 0.3) is 11.4 Å². The van der Waals surface area contributed by atoms with Crippen molar-refractivity contribution in [2.75, 3.05) is 50.2 Å². The number of halogens is 1. The van der Waals surface area contributed by atoms with Crippen LogP contribution in [0.4, 0.5) is 16.3 Å². The van der Waals surface area contributed by atoms with Crippen LogP contribution in [0.2, 0.25) is 0 Å². The number of ether oxygens (including phenoxy) is 2. The molecule has 0 bridgehead atoms. The van der Waals surface area contributed by atoms with Crippen molar-refractivity contribution in [3.8, 4) is 11.4 Å². The monoisotopic (exact) mass is 426 g/mol. The molecule has 0 aliphatic rings. The van der Waals surface area contributed by atoms with Crippen LogP contribution in [-0.4, -0.2) is 54.5 Å². The summed E-state index contributed by atoms with van der Waals surface area (Å²) in [6.07, 6.45) is 0. The second kappa shape index (κ2) is 12.5. The number of hydrogen-bond donors (Lipinski definition) is 3. The van der Waals surface area contributed by atoms with Gasteiger partial charge in [-0.05, 0) is 17.7 Å². The van der Waals surface area contributed by atoms with E-state index in [1.54, 1.807) is 12.1 Å². The number of rotatable bonds is 13. The summed E-state index contributed by atoms with van der Waals surface area (Å²) < 4.78 is 23.9. The summed E-state index contributed by atoms with van der Waals surface area (Å²) in [7, 11) is 0. The molecule has 4 N–H and O–H groups in total. The number of nitrogens with two attached hydrogens (primary N) is 1. The van der Waals surface area contributed by atoms with E-state index < -0.39 is 0 Å². The predicted molar refractivity (Wildman–Crippen MR) is 118 cm³/mol. The Balaban J connectivity index is 1.60. The van der Waals surface area contributed by atoms with Gasteiger partial charge in [-0.25, -0.2) is 4.39 Å². The molecular formula is C22H27FN6O2. The zero-order chi connectivity index (χ0) is 21.7. The minimum atomic E-state index is -0.269. The average molecular weight is 426 g/mol. The lowest BCUT2D eigenvalue weighted by molar-refractivity contribution is 0.0547. The number of anilines is 2. The van der Waals surface area contributed by atoms with Gasteiger partial charge in [-0.15, -0.1) is 0 Å². The van der Waals surface area contributed by atoms with Gasteiger partial charge in [0.25, 0.3) is 0 Å². The summed E-state index contributed by atoms with van der Waals surface area (Å²) in [4.78, 5) is 13.5. The van der Waals surface area contributed by atoms with Gasteiger partial charge in [0.15, 0.2) is 5.82 Å². The van der Waals surface area contributed by atoms with E-state index >= 15 is 0 Å². The van der Waals surface area contributed by atoms with E-state index in [1.807, 2.05) is 30.3 Å². The van der Waals surface area contributed by atoms with Crippen molar-refractivity contribution in [3.05, 3.63) is 66.0 Å². The normalized spacial score (nSPS) is 10.8. The Kier molecular flexibility index (Phi) is 9.11. The minimum absolute atomic E-state index is 0.269. The highest BCUT2D eigenvalue weighted by atomic mass is 19.1. The molecule has 8 nitrogen and oxygen atoms in total. The van der Waals surface area contributed by atoms with Gasteiger partial charge in [0.2, 0.25) is 11.9 Å². The van der Waals surface area contributed by atoms with Gasteiger partial charge in [-0.3, -0.25) is 0 Å². The van der Waals surface area contributed by atoms with E-state index in [1.165, 1.54) is 12.1 Å². The van der Waals surface area contributed by atoms with Crippen LogP contribution in [0.15, 0.2) is 54.6 Å². The first kappa shape index (κ1) is 22.5. The molecule has 0 saturated heterocycles. The lowest BCUT2D eigenvalue weighted by atomic mass is 10.2. The van der Waals surface area contributed by atoms with E-state index in [0.717, 1.165) is 11.1 Å². The molecule has 0 amide bonds. The molecule has 3 rings (SSSR count). The number of nitrogens with zero attached hydrogens (tertiary/aromatic N) is 3. The fraction of sp³-hybridized carbons (Fsp3) is 0.318. The van der Waals surface area contributed by atoms with Crippen molar-refractivity contribution < 1.29 is 13.9 Å². The van der Waals surface area contributed by atoms with Crippen molar-refractivity contribution in [1.29, 1.82) is 0 Å². The average Bonchev–Trinajstić information content (AvgIpc) is 2.81. The summed E-state index contributed by atoms with van der Waals surface area (Å²) in [6.45, 7) is 3.52. The van der Waals surface area contributed by atoms with Crippen molar-refractivity contribution in [3.63, 3.8) is 0 Å². The van der Waals surface area contributed by atoms with E-state index in [-0.39, 0.29) is 5.82 Å². The molecule has 9 heteroatoms. The summed E-state index contributed by atoms with van der Waals surface area (Å²) >= 11 is 0. The molecule has 2 aromatic carbocycles. The van der Waals surface area contributed by atoms with Gasteiger partial charge in [-0.1, -0.05) is 42.5 Å². The molecule has 1 heterocycles. The molecular weight excluding hydrogens is 399 g/mol. The number of hydrogen-bond acceptors (Lipinski definition) is 8. The zero-order valence-electron chi connectivity index (χ0n) is 17.3. The number of aromatic nitrogens is 3. The topological polar surface area (TPSA) is 107 Å². The first-order valence-electron chi connectivity index (χ1n) is 10.1. The highest BCUT2D eigenvalue weighted by Gasteiger charge is 2.08. The Morgan fingerprint density at radius 1 is 0.774 bits per heavy atom. The second-order valence-electron chi connectivity index (χ2n) is 6.59. The molecule has 0 unspecified atom stereocenters. The molecule has 1 aromatic heterocycles. The largest absolute Gasteiger partial charge is 0.378 e. The van der Waals surface area contributed by atoms with E-state index in [2.05, 4.69) is 25.6 Å². The van der Waals surface area contributed by atoms with Crippen LogP contribution in [0.1, 0.15) is 5.56 Å². The van der Waals surface area contributed by atoms with Gasteiger partial charge in [-0.2, -0.15) is 15.0 Å². The molecule has 164 valence electrons. The predicted octanol–water partition coefficient (Wildman–Crippen LogP) is 2.69. The van der Waals surface area contributed by atoms with Gasteiger partial charge in [0, 0.05) is 25.2 Å². The van der Waals surface area contributed by atoms with Crippen molar-refractivity contribution in [2.24, 2.45) is 5.73 Å². The van der Waals surface area contributed by atoms with Crippen LogP contribution in [0, 0.1) is 5.82 Å².